The first-order valence-electron chi connectivity index (χ1n) is 10.1. The third-order valence-electron chi connectivity index (χ3n) is 4.41. The fraction of sp³-hybridized carbons (Fsp3) is 0.208. The number of allylic oxidation sites excluding steroid dienone is 4. The number of hydrogen-bond acceptors (Lipinski definition) is 6. The van der Waals surface area contributed by atoms with Crippen LogP contribution in [0.5, 0.6) is 0 Å². The van der Waals surface area contributed by atoms with E-state index in [1.165, 1.54) is 23.1 Å². The molecule has 1 atom stereocenters. The highest BCUT2D eigenvalue weighted by Crippen LogP contribution is 2.30. The molecule has 2 heterocycles. The summed E-state index contributed by atoms with van der Waals surface area (Å²) >= 11 is 2.66. The van der Waals surface area contributed by atoms with Crippen molar-refractivity contribution >= 4 is 39.2 Å². The molecule has 0 saturated carbocycles. The lowest BCUT2D eigenvalue weighted by atomic mass is 10.2. The molecule has 0 aliphatic rings. The van der Waals surface area contributed by atoms with Crippen LogP contribution < -0.4 is 16.8 Å². The van der Waals surface area contributed by atoms with Gasteiger partial charge in [-0.3, -0.25) is 19.6 Å². The summed E-state index contributed by atoms with van der Waals surface area (Å²) in [6.45, 7) is 11.1. The molecule has 0 saturated heterocycles. The van der Waals surface area contributed by atoms with E-state index in [1.54, 1.807) is 16.7 Å². The van der Waals surface area contributed by atoms with Gasteiger partial charge in [-0.1, -0.05) is 67.8 Å². The summed E-state index contributed by atoms with van der Waals surface area (Å²) in [6.07, 6.45) is 8.51. The van der Waals surface area contributed by atoms with Gasteiger partial charge in [0.15, 0.2) is 5.16 Å². The van der Waals surface area contributed by atoms with Crippen LogP contribution in [-0.4, -0.2) is 20.7 Å². The molecule has 0 spiro atoms. The molecule has 1 unspecified atom stereocenters. The molecule has 1 aromatic carbocycles. The Morgan fingerprint density at radius 3 is 2.59 bits per heavy atom. The third kappa shape index (κ3) is 6.06. The number of fused-ring (bicyclic) bond motifs is 1. The fourth-order valence-electron chi connectivity index (χ4n) is 2.90. The molecular weight excluding hydrogens is 440 g/mol. The van der Waals surface area contributed by atoms with Crippen molar-refractivity contribution in [3.8, 4) is 5.69 Å². The number of nitrogens with two attached hydrogens (primary N) is 1. The van der Waals surface area contributed by atoms with Crippen molar-refractivity contribution in [2.75, 3.05) is 0 Å². The van der Waals surface area contributed by atoms with Gasteiger partial charge in [0.05, 0.1) is 16.3 Å². The van der Waals surface area contributed by atoms with Gasteiger partial charge in [-0.25, -0.2) is 10.8 Å². The standard InChI is InChI=1S/C19H20N4O2S2.C5H8/c1-3-8-12-11-26-17-15(12)18(25)23(13-9-6-5-7-10-13)19(21-17)27-14(4-2)16(24)22-20;1-3-5-4-2/h3,5-7,9-11,14H,1,4,8,20H2,2H3,(H,22,24);3-5H,1H2,2H3/b;5-4-. The summed E-state index contributed by atoms with van der Waals surface area (Å²) < 4.78 is 1.57. The predicted molar refractivity (Wildman–Crippen MR) is 136 cm³/mol. The minimum Gasteiger partial charge on any atom is -0.293 e. The lowest BCUT2D eigenvalue weighted by Crippen LogP contribution is -2.37. The van der Waals surface area contributed by atoms with Crippen LogP contribution in [0.15, 0.2) is 83.1 Å². The van der Waals surface area contributed by atoms with Gasteiger partial charge in [0.25, 0.3) is 5.56 Å². The Bertz CT molecular complexity index is 1150. The first kappa shape index (κ1) is 25.3. The van der Waals surface area contributed by atoms with Crippen molar-refractivity contribution in [3.63, 3.8) is 0 Å². The highest BCUT2D eigenvalue weighted by molar-refractivity contribution is 8.00. The van der Waals surface area contributed by atoms with Crippen LogP contribution in [0.4, 0.5) is 0 Å². The minimum absolute atomic E-state index is 0.144. The second-order valence-electron chi connectivity index (χ2n) is 6.59. The van der Waals surface area contributed by atoms with Crippen LogP contribution in [0.3, 0.4) is 0 Å². The number of para-hydroxylation sites is 1. The van der Waals surface area contributed by atoms with E-state index in [1.807, 2.05) is 61.7 Å². The van der Waals surface area contributed by atoms with Gasteiger partial charge in [0.1, 0.15) is 4.83 Å². The van der Waals surface area contributed by atoms with E-state index in [-0.39, 0.29) is 11.5 Å². The Balaban J connectivity index is 0.000000654. The summed E-state index contributed by atoms with van der Waals surface area (Å²) in [7, 11) is 0. The van der Waals surface area contributed by atoms with Gasteiger partial charge in [0.2, 0.25) is 5.91 Å². The quantitative estimate of drug-likeness (QED) is 0.0944. The van der Waals surface area contributed by atoms with E-state index in [0.29, 0.717) is 33.9 Å². The number of carbonyl (C=O) groups excluding carboxylic acids is 1. The number of benzene rings is 1. The second-order valence-corrected chi connectivity index (χ2v) is 8.62. The molecule has 3 aromatic rings. The summed E-state index contributed by atoms with van der Waals surface area (Å²) in [5, 5.41) is 2.57. The zero-order valence-electron chi connectivity index (χ0n) is 18.3. The van der Waals surface area contributed by atoms with Crippen LogP contribution in [0.25, 0.3) is 15.9 Å². The molecule has 0 aliphatic carbocycles. The number of rotatable bonds is 8. The number of hydrogen-bond donors (Lipinski definition) is 2. The Morgan fingerprint density at radius 2 is 2.06 bits per heavy atom. The van der Waals surface area contributed by atoms with Crippen LogP contribution in [0.1, 0.15) is 25.8 Å². The van der Waals surface area contributed by atoms with Crippen LogP contribution >= 0.6 is 23.1 Å². The van der Waals surface area contributed by atoms with Gasteiger partial charge in [-0.2, -0.15) is 0 Å². The first-order valence-corrected chi connectivity index (χ1v) is 11.9. The molecule has 8 heteroatoms. The SMILES string of the molecule is C=C/C=C\C.C=CCc1csc2nc(SC(CC)C(=O)NN)n(-c3ccccc3)c(=O)c12. The number of nitrogens with one attached hydrogen (secondary N) is 1. The van der Waals surface area contributed by atoms with Crippen molar-refractivity contribution in [1.82, 2.24) is 15.0 Å². The highest BCUT2D eigenvalue weighted by Gasteiger charge is 2.23. The van der Waals surface area contributed by atoms with Gasteiger partial charge in [-0.05, 0) is 42.8 Å². The minimum atomic E-state index is -0.443. The Hall–Kier alpha value is -2.94. The first-order chi connectivity index (χ1) is 15.5. The summed E-state index contributed by atoms with van der Waals surface area (Å²) in [4.78, 5) is 30.8. The van der Waals surface area contributed by atoms with E-state index >= 15 is 0 Å². The summed E-state index contributed by atoms with van der Waals surface area (Å²) in [5.74, 6) is 5.00. The van der Waals surface area contributed by atoms with Gasteiger partial charge < -0.3 is 0 Å². The number of carbonyl (C=O) groups is 1. The fourth-order valence-corrected chi connectivity index (χ4v) is 4.93. The smallest absolute Gasteiger partial charge is 0.267 e. The highest BCUT2D eigenvalue weighted by atomic mass is 32.2. The van der Waals surface area contributed by atoms with Crippen molar-refractivity contribution < 1.29 is 4.79 Å². The molecule has 0 fully saturated rings. The van der Waals surface area contributed by atoms with Gasteiger partial charge in [-0.15, -0.1) is 17.9 Å². The van der Waals surface area contributed by atoms with Gasteiger partial charge >= 0.3 is 0 Å². The summed E-state index contributed by atoms with van der Waals surface area (Å²) in [6, 6.07) is 9.31. The monoisotopic (exact) mass is 468 g/mol. The van der Waals surface area contributed by atoms with Crippen LogP contribution in [-0.2, 0) is 11.2 Å². The Morgan fingerprint density at radius 1 is 1.34 bits per heavy atom. The molecule has 32 heavy (non-hydrogen) atoms. The Kier molecular flexibility index (Phi) is 10.1. The number of thiophene rings is 1. The van der Waals surface area contributed by atoms with E-state index < -0.39 is 5.25 Å². The van der Waals surface area contributed by atoms with Crippen LogP contribution in [0.2, 0.25) is 0 Å². The van der Waals surface area contributed by atoms with Crippen molar-refractivity contribution in [3.05, 3.63) is 89.1 Å². The zero-order valence-corrected chi connectivity index (χ0v) is 19.9. The molecule has 0 aliphatic heterocycles. The molecule has 0 bridgehead atoms. The molecule has 1 amide bonds. The van der Waals surface area contributed by atoms with E-state index in [2.05, 4.69) is 18.6 Å². The van der Waals surface area contributed by atoms with E-state index in [0.717, 1.165) is 5.56 Å². The average molecular weight is 469 g/mol. The molecule has 3 N–H and O–H groups in total. The van der Waals surface area contributed by atoms with E-state index in [9.17, 15) is 9.59 Å². The van der Waals surface area contributed by atoms with Crippen molar-refractivity contribution in [2.45, 2.75) is 37.1 Å². The maximum atomic E-state index is 13.4. The second kappa shape index (κ2) is 12.8. The molecule has 168 valence electrons. The topological polar surface area (TPSA) is 90.0 Å². The molecular formula is C24H28N4O2S2. The number of thioether (sulfide) groups is 1. The maximum absolute atomic E-state index is 13.4. The third-order valence-corrected chi connectivity index (χ3v) is 6.65. The molecule has 0 radical (unpaired) electrons. The van der Waals surface area contributed by atoms with Crippen LogP contribution in [0, 0.1) is 0 Å². The summed E-state index contributed by atoms with van der Waals surface area (Å²) in [5.41, 5.74) is 3.66. The normalized spacial score (nSPS) is 11.6. The maximum Gasteiger partial charge on any atom is 0.267 e. The predicted octanol–water partition coefficient (Wildman–Crippen LogP) is 4.78. The van der Waals surface area contributed by atoms with Crippen molar-refractivity contribution in [2.24, 2.45) is 5.84 Å². The number of hydrazine groups is 1. The largest absolute Gasteiger partial charge is 0.293 e. The number of nitrogens with zero attached hydrogens (tertiary/aromatic N) is 2. The van der Waals surface area contributed by atoms with Crippen molar-refractivity contribution in [1.29, 1.82) is 0 Å². The lowest BCUT2D eigenvalue weighted by Gasteiger charge is -2.16. The molecule has 3 rings (SSSR count). The lowest BCUT2D eigenvalue weighted by molar-refractivity contribution is -0.120. The van der Waals surface area contributed by atoms with E-state index in [4.69, 9.17) is 10.8 Å². The average Bonchev–Trinajstić information content (AvgIpc) is 3.21. The zero-order chi connectivity index (χ0) is 23.5. The molecule has 6 nitrogen and oxygen atoms in total. The van der Waals surface area contributed by atoms with Gasteiger partial charge in [0, 0.05) is 0 Å². The number of amides is 1. The Labute approximate surface area is 196 Å². The molecule has 2 aromatic heterocycles. The number of aromatic nitrogens is 2.